The van der Waals surface area contributed by atoms with Crippen LogP contribution in [0.15, 0.2) is 60.8 Å². The molecule has 0 unspecified atom stereocenters. The van der Waals surface area contributed by atoms with Crippen LogP contribution in [0.5, 0.6) is 0 Å². The zero-order chi connectivity index (χ0) is 27.2. The van der Waals surface area contributed by atoms with Gasteiger partial charge in [-0.05, 0) is 56.9 Å². The van der Waals surface area contributed by atoms with Crippen LogP contribution in [0.4, 0.5) is 10.5 Å². The third-order valence-corrected chi connectivity index (χ3v) is 5.48. The number of ether oxygens (including phenoxy) is 1. The Bertz CT molecular complexity index is 1300. The van der Waals surface area contributed by atoms with Gasteiger partial charge in [0, 0.05) is 18.3 Å². The quantitative estimate of drug-likeness (QED) is 0.409. The third-order valence-electron chi connectivity index (χ3n) is 5.48. The minimum atomic E-state index is -1.27. The van der Waals surface area contributed by atoms with Crippen molar-refractivity contribution in [3.05, 3.63) is 83.2 Å². The summed E-state index contributed by atoms with van der Waals surface area (Å²) in [4.78, 5) is 43.2. The summed E-state index contributed by atoms with van der Waals surface area (Å²) in [7, 11) is 0. The summed E-state index contributed by atoms with van der Waals surface area (Å²) in [5.74, 6) is -1.84. The Labute approximate surface area is 217 Å². The lowest BCUT2D eigenvalue weighted by atomic mass is 10.0. The first-order valence-electron chi connectivity index (χ1n) is 12.1. The van der Waals surface area contributed by atoms with Gasteiger partial charge in [0.2, 0.25) is 5.91 Å². The van der Waals surface area contributed by atoms with E-state index in [0.29, 0.717) is 5.56 Å². The van der Waals surface area contributed by atoms with Crippen LogP contribution < -0.4 is 5.32 Å². The van der Waals surface area contributed by atoms with Crippen LogP contribution in [0.3, 0.4) is 0 Å². The Morgan fingerprint density at radius 3 is 2.35 bits per heavy atom. The van der Waals surface area contributed by atoms with Gasteiger partial charge in [-0.3, -0.25) is 9.69 Å². The van der Waals surface area contributed by atoms with E-state index < -0.39 is 23.6 Å². The van der Waals surface area contributed by atoms with Crippen molar-refractivity contribution >= 4 is 23.7 Å². The predicted octanol–water partition coefficient (Wildman–Crippen LogP) is 5.69. The molecule has 0 fully saturated rings. The van der Waals surface area contributed by atoms with Crippen LogP contribution in [0.25, 0.3) is 11.1 Å². The molecule has 1 aromatic heterocycles. The van der Waals surface area contributed by atoms with Crippen molar-refractivity contribution in [1.29, 1.82) is 0 Å². The lowest BCUT2D eigenvalue weighted by Gasteiger charge is -2.27. The largest absolute Gasteiger partial charge is 0.476 e. The van der Waals surface area contributed by atoms with Gasteiger partial charge in [-0.2, -0.15) is 0 Å². The van der Waals surface area contributed by atoms with Crippen LogP contribution in [0.1, 0.15) is 54.9 Å². The van der Waals surface area contributed by atoms with Gasteiger partial charge in [0.05, 0.1) is 5.69 Å². The number of pyridine rings is 1. The highest BCUT2D eigenvalue weighted by Gasteiger charge is 2.25. The van der Waals surface area contributed by atoms with Gasteiger partial charge in [-0.25, -0.2) is 14.6 Å². The number of carboxylic acid groups (broad SMARTS) is 1. The van der Waals surface area contributed by atoms with Crippen LogP contribution in [-0.4, -0.2) is 45.1 Å². The molecule has 194 valence electrons. The molecular formula is C29H33N3O5. The Kier molecular flexibility index (Phi) is 8.65. The fourth-order valence-electron chi connectivity index (χ4n) is 3.76. The molecule has 2 aromatic carbocycles. The summed E-state index contributed by atoms with van der Waals surface area (Å²) in [6.45, 7) is 9.05. The van der Waals surface area contributed by atoms with Gasteiger partial charge in [-0.15, -0.1) is 0 Å². The number of anilines is 1. The van der Waals surface area contributed by atoms with Gasteiger partial charge in [0.1, 0.15) is 12.1 Å². The topological polar surface area (TPSA) is 109 Å². The molecule has 0 saturated heterocycles. The molecule has 2 N–H and O–H groups in total. The number of nitrogens with one attached hydrogen (secondary N) is 1. The highest BCUT2D eigenvalue weighted by Crippen LogP contribution is 2.25. The zero-order valence-electron chi connectivity index (χ0n) is 21.9. The second-order valence-electron chi connectivity index (χ2n) is 9.85. The highest BCUT2D eigenvalue weighted by molar-refractivity contribution is 6.01. The normalized spacial score (nSPS) is 11.1. The molecule has 0 aliphatic heterocycles. The number of benzene rings is 2. The van der Waals surface area contributed by atoms with Gasteiger partial charge in [-0.1, -0.05) is 61.0 Å². The van der Waals surface area contributed by atoms with Crippen molar-refractivity contribution in [1.82, 2.24) is 9.88 Å². The monoisotopic (exact) mass is 503 g/mol. The maximum Gasteiger partial charge on any atom is 0.411 e. The molecule has 3 rings (SSSR count). The van der Waals surface area contributed by atoms with E-state index in [1.165, 1.54) is 11.1 Å². The number of rotatable bonds is 8. The number of carboxylic acids is 1. The van der Waals surface area contributed by atoms with E-state index in [0.717, 1.165) is 28.7 Å². The number of carbonyl (C=O) groups is 3. The van der Waals surface area contributed by atoms with Crippen LogP contribution in [0.2, 0.25) is 0 Å². The van der Waals surface area contributed by atoms with E-state index in [-0.39, 0.29) is 24.5 Å². The zero-order valence-corrected chi connectivity index (χ0v) is 21.9. The average molecular weight is 504 g/mol. The molecule has 0 bridgehead atoms. The minimum absolute atomic E-state index is 0.0524. The maximum atomic E-state index is 13.1. The van der Waals surface area contributed by atoms with Crippen LogP contribution in [0, 0.1) is 6.92 Å². The van der Waals surface area contributed by atoms with Crippen molar-refractivity contribution in [2.45, 2.75) is 53.2 Å². The first-order valence-corrected chi connectivity index (χ1v) is 12.1. The van der Waals surface area contributed by atoms with Crippen LogP contribution >= 0.6 is 0 Å². The molecule has 1 heterocycles. The standard InChI is InChI=1S/C29H33N3O5/c1-6-20-10-8-12-22(14-20)23-15-24(26(27(34)35)30-16-23)31-25(33)18-32(28(36)37-29(3,4)5)17-21-11-7-9-19(2)13-21/h7-16H,6,17-18H2,1-5H3,(H,31,33)(H,34,35). The molecule has 8 nitrogen and oxygen atoms in total. The fourth-order valence-corrected chi connectivity index (χ4v) is 3.76. The molecular weight excluding hydrogens is 470 g/mol. The molecule has 2 amide bonds. The summed E-state index contributed by atoms with van der Waals surface area (Å²) < 4.78 is 5.51. The predicted molar refractivity (Wildman–Crippen MR) is 142 cm³/mol. The summed E-state index contributed by atoms with van der Waals surface area (Å²) in [6, 6.07) is 17.0. The van der Waals surface area contributed by atoms with Crippen molar-refractivity contribution in [3.8, 4) is 11.1 Å². The Hall–Kier alpha value is -4.20. The summed E-state index contributed by atoms with van der Waals surface area (Å²) >= 11 is 0. The Morgan fingerprint density at radius 1 is 1.00 bits per heavy atom. The van der Waals surface area contributed by atoms with E-state index in [9.17, 15) is 19.5 Å². The van der Waals surface area contributed by atoms with Crippen molar-refractivity contribution in [2.75, 3.05) is 11.9 Å². The number of hydrogen-bond donors (Lipinski definition) is 2. The van der Waals surface area contributed by atoms with Gasteiger partial charge in [0.15, 0.2) is 5.69 Å². The van der Waals surface area contributed by atoms with Crippen molar-refractivity contribution in [3.63, 3.8) is 0 Å². The lowest BCUT2D eigenvalue weighted by Crippen LogP contribution is -2.41. The van der Waals surface area contributed by atoms with E-state index in [1.54, 1.807) is 26.8 Å². The summed E-state index contributed by atoms with van der Waals surface area (Å²) in [5, 5.41) is 12.3. The second kappa shape index (κ2) is 11.7. The summed E-state index contributed by atoms with van der Waals surface area (Å²) in [5.41, 5.74) is 3.52. The van der Waals surface area contributed by atoms with Gasteiger partial charge < -0.3 is 15.2 Å². The second-order valence-corrected chi connectivity index (χ2v) is 9.85. The SMILES string of the molecule is CCc1cccc(-c2cnc(C(=O)O)c(NC(=O)CN(Cc3cccc(C)c3)C(=O)OC(C)(C)C)c2)c1. The van der Waals surface area contributed by atoms with E-state index in [2.05, 4.69) is 10.3 Å². The smallest absolute Gasteiger partial charge is 0.411 e. The lowest BCUT2D eigenvalue weighted by molar-refractivity contribution is -0.117. The highest BCUT2D eigenvalue weighted by atomic mass is 16.6. The molecule has 0 atom stereocenters. The van der Waals surface area contributed by atoms with E-state index in [1.807, 2.05) is 62.4 Å². The number of hydrogen-bond acceptors (Lipinski definition) is 5. The number of aromatic carboxylic acids is 1. The molecule has 0 radical (unpaired) electrons. The number of aromatic nitrogens is 1. The number of nitrogens with zero attached hydrogens (tertiary/aromatic N) is 2. The first kappa shape index (κ1) is 27.4. The number of amides is 2. The molecule has 0 saturated carbocycles. The van der Waals surface area contributed by atoms with E-state index >= 15 is 0 Å². The Balaban J connectivity index is 1.87. The number of aryl methyl sites for hydroxylation is 2. The fraction of sp³-hybridized carbons (Fsp3) is 0.310. The summed E-state index contributed by atoms with van der Waals surface area (Å²) in [6.07, 6.45) is 1.67. The average Bonchev–Trinajstić information content (AvgIpc) is 2.82. The molecule has 8 heteroatoms. The molecule has 0 aliphatic carbocycles. The molecule has 3 aromatic rings. The van der Waals surface area contributed by atoms with Crippen LogP contribution in [-0.2, 0) is 22.5 Å². The molecule has 37 heavy (non-hydrogen) atoms. The van der Waals surface area contributed by atoms with Crippen molar-refractivity contribution < 1.29 is 24.2 Å². The number of carbonyl (C=O) groups excluding carboxylic acids is 2. The van der Waals surface area contributed by atoms with Gasteiger partial charge >= 0.3 is 12.1 Å². The Morgan fingerprint density at radius 2 is 1.70 bits per heavy atom. The minimum Gasteiger partial charge on any atom is -0.476 e. The van der Waals surface area contributed by atoms with E-state index in [4.69, 9.17) is 4.74 Å². The van der Waals surface area contributed by atoms with Crippen molar-refractivity contribution in [2.24, 2.45) is 0 Å². The first-order chi connectivity index (χ1) is 17.4. The van der Waals surface area contributed by atoms with Gasteiger partial charge in [0.25, 0.3) is 0 Å². The maximum absolute atomic E-state index is 13.1. The molecule has 0 spiro atoms. The molecule has 0 aliphatic rings. The third kappa shape index (κ3) is 7.90.